The van der Waals surface area contributed by atoms with Gasteiger partial charge in [0.1, 0.15) is 0 Å². The predicted molar refractivity (Wildman–Crippen MR) is 94.6 cm³/mol. The van der Waals surface area contributed by atoms with Crippen molar-refractivity contribution in [3.8, 4) is 0 Å². The van der Waals surface area contributed by atoms with Gasteiger partial charge in [0.15, 0.2) is 0 Å². The number of hydrogen-bond acceptors (Lipinski definition) is 2. The van der Waals surface area contributed by atoms with Crippen LogP contribution in [0.15, 0.2) is 28.7 Å². The molecule has 1 aromatic rings. The molecule has 0 amide bonds. The summed E-state index contributed by atoms with van der Waals surface area (Å²) in [6, 6.07) is 8.73. The first-order valence-electron chi connectivity index (χ1n) is 8.21. The minimum atomic E-state index is 0.236. The number of hydrogen-bond donors (Lipinski definition) is 1. The molecule has 1 aliphatic heterocycles. The van der Waals surface area contributed by atoms with Crippen molar-refractivity contribution in [2.24, 2.45) is 0 Å². The van der Waals surface area contributed by atoms with E-state index in [1.54, 1.807) is 0 Å². The Bertz CT molecular complexity index is 470. The largest absolute Gasteiger partial charge is 0.308 e. The number of rotatable bonds is 5. The van der Waals surface area contributed by atoms with E-state index in [4.69, 9.17) is 0 Å². The number of benzene rings is 1. The van der Waals surface area contributed by atoms with Crippen LogP contribution in [-0.2, 0) is 6.54 Å². The Hall–Kier alpha value is -0.380. The van der Waals surface area contributed by atoms with Gasteiger partial charge in [-0.1, -0.05) is 48.8 Å². The first kappa shape index (κ1) is 17.0. The van der Waals surface area contributed by atoms with Gasteiger partial charge in [-0.15, -0.1) is 0 Å². The number of nitrogens with one attached hydrogen (secondary N) is 1. The van der Waals surface area contributed by atoms with E-state index in [2.05, 4.69) is 78.1 Å². The summed E-state index contributed by atoms with van der Waals surface area (Å²) < 4.78 is 1.17. The van der Waals surface area contributed by atoms with Gasteiger partial charge in [0.2, 0.25) is 0 Å². The van der Waals surface area contributed by atoms with E-state index in [-0.39, 0.29) is 11.1 Å². The fourth-order valence-corrected chi connectivity index (χ4v) is 3.84. The van der Waals surface area contributed by atoms with E-state index >= 15 is 0 Å². The van der Waals surface area contributed by atoms with Gasteiger partial charge < -0.3 is 5.32 Å². The van der Waals surface area contributed by atoms with Crippen LogP contribution < -0.4 is 5.32 Å². The van der Waals surface area contributed by atoms with E-state index < -0.39 is 0 Å². The van der Waals surface area contributed by atoms with Crippen molar-refractivity contribution in [3.63, 3.8) is 0 Å². The van der Waals surface area contributed by atoms with Crippen molar-refractivity contribution in [2.75, 3.05) is 13.1 Å². The summed E-state index contributed by atoms with van der Waals surface area (Å²) >= 11 is 3.59. The molecule has 0 aromatic heterocycles. The van der Waals surface area contributed by atoms with Crippen LogP contribution in [0, 0.1) is 0 Å². The van der Waals surface area contributed by atoms with Crippen LogP contribution >= 0.6 is 15.9 Å². The highest BCUT2D eigenvalue weighted by Gasteiger charge is 2.42. The first-order chi connectivity index (χ1) is 9.97. The Morgan fingerprint density at radius 3 is 2.48 bits per heavy atom. The minimum absolute atomic E-state index is 0.236. The SMILES string of the molecule is CCC1(C)CN(Cc2cccc(Br)c2)C(CC)(CC)CN1. The van der Waals surface area contributed by atoms with Gasteiger partial charge in [0, 0.05) is 35.2 Å². The van der Waals surface area contributed by atoms with Gasteiger partial charge in [-0.05, 0) is 43.9 Å². The van der Waals surface area contributed by atoms with Gasteiger partial charge in [-0.2, -0.15) is 0 Å². The third-order valence-electron chi connectivity index (χ3n) is 5.41. The molecule has 0 bridgehead atoms. The summed E-state index contributed by atoms with van der Waals surface area (Å²) in [7, 11) is 0. The number of piperazine rings is 1. The molecule has 0 radical (unpaired) electrons. The van der Waals surface area contributed by atoms with Crippen molar-refractivity contribution in [1.82, 2.24) is 10.2 Å². The second-order valence-electron chi connectivity index (χ2n) is 6.69. The minimum Gasteiger partial charge on any atom is -0.308 e. The van der Waals surface area contributed by atoms with E-state index in [0.717, 1.165) is 19.6 Å². The fraction of sp³-hybridized carbons (Fsp3) is 0.667. The van der Waals surface area contributed by atoms with Crippen LogP contribution in [-0.4, -0.2) is 29.1 Å². The average Bonchev–Trinajstić information content (AvgIpc) is 2.48. The summed E-state index contributed by atoms with van der Waals surface area (Å²) in [5, 5.41) is 3.81. The standard InChI is InChI=1S/C18H29BrN2/c1-5-17(4)14-21(18(6-2,7-3)13-20-17)12-15-9-8-10-16(19)11-15/h8-11,20H,5-7,12-14H2,1-4H3. The average molecular weight is 353 g/mol. The molecule has 2 rings (SSSR count). The monoisotopic (exact) mass is 352 g/mol. The Balaban J connectivity index is 2.25. The molecule has 1 fully saturated rings. The molecule has 21 heavy (non-hydrogen) atoms. The van der Waals surface area contributed by atoms with Gasteiger partial charge >= 0.3 is 0 Å². The van der Waals surface area contributed by atoms with Crippen LogP contribution in [0.5, 0.6) is 0 Å². The molecule has 118 valence electrons. The summed E-state index contributed by atoms with van der Waals surface area (Å²) in [5.41, 5.74) is 1.92. The number of halogens is 1. The van der Waals surface area contributed by atoms with Crippen molar-refractivity contribution < 1.29 is 0 Å². The lowest BCUT2D eigenvalue weighted by Gasteiger charge is -2.53. The van der Waals surface area contributed by atoms with E-state index in [1.165, 1.54) is 29.3 Å². The third-order valence-corrected chi connectivity index (χ3v) is 5.91. The predicted octanol–water partition coefficient (Wildman–Crippen LogP) is 4.58. The molecule has 1 unspecified atom stereocenters. The summed E-state index contributed by atoms with van der Waals surface area (Å²) in [6.07, 6.45) is 3.57. The summed E-state index contributed by atoms with van der Waals surface area (Å²) in [5.74, 6) is 0. The summed E-state index contributed by atoms with van der Waals surface area (Å²) in [4.78, 5) is 2.72. The maximum atomic E-state index is 3.81. The molecule has 2 nitrogen and oxygen atoms in total. The van der Waals surface area contributed by atoms with Crippen molar-refractivity contribution in [1.29, 1.82) is 0 Å². The Morgan fingerprint density at radius 1 is 1.19 bits per heavy atom. The van der Waals surface area contributed by atoms with E-state index in [0.29, 0.717) is 0 Å². The molecule has 1 saturated heterocycles. The van der Waals surface area contributed by atoms with Crippen LogP contribution in [0.25, 0.3) is 0 Å². The molecule has 1 aliphatic rings. The summed E-state index contributed by atoms with van der Waals surface area (Å²) in [6.45, 7) is 12.6. The zero-order chi connectivity index (χ0) is 15.5. The van der Waals surface area contributed by atoms with Gasteiger partial charge in [0.25, 0.3) is 0 Å². The molecule has 0 spiro atoms. The molecule has 0 aliphatic carbocycles. The smallest absolute Gasteiger partial charge is 0.0333 e. The lowest BCUT2D eigenvalue weighted by atomic mass is 9.82. The van der Waals surface area contributed by atoms with Crippen molar-refractivity contribution in [3.05, 3.63) is 34.3 Å². The van der Waals surface area contributed by atoms with E-state index in [1.807, 2.05) is 0 Å². The topological polar surface area (TPSA) is 15.3 Å². The molecular formula is C18H29BrN2. The lowest BCUT2D eigenvalue weighted by Crippen LogP contribution is -2.68. The quantitative estimate of drug-likeness (QED) is 0.833. The lowest BCUT2D eigenvalue weighted by molar-refractivity contribution is -0.00408. The zero-order valence-electron chi connectivity index (χ0n) is 13.9. The molecule has 1 N–H and O–H groups in total. The molecule has 1 aromatic carbocycles. The van der Waals surface area contributed by atoms with Crippen molar-refractivity contribution >= 4 is 15.9 Å². The molecule has 3 heteroatoms. The molecular weight excluding hydrogens is 324 g/mol. The van der Waals surface area contributed by atoms with Crippen LogP contribution in [0.2, 0.25) is 0 Å². The normalized spacial score (nSPS) is 26.0. The van der Waals surface area contributed by atoms with Crippen LogP contribution in [0.1, 0.15) is 52.5 Å². The molecule has 1 atom stereocenters. The highest BCUT2D eigenvalue weighted by molar-refractivity contribution is 9.10. The third kappa shape index (κ3) is 3.69. The zero-order valence-corrected chi connectivity index (χ0v) is 15.5. The highest BCUT2D eigenvalue weighted by Crippen LogP contribution is 2.32. The first-order valence-corrected chi connectivity index (χ1v) is 9.01. The van der Waals surface area contributed by atoms with Crippen LogP contribution in [0.4, 0.5) is 0 Å². The Kier molecular flexibility index (Phi) is 5.50. The molecule has 0 saturated carbocycles. The fourth-order valence-electron chi connectivity index (χ4n) is 3.40. The second-order valence-corrected chi connectivity index (χ2v) is 7.60. The second kappa shape index (κ2) is 6.80. The maximum absolute atomic E-state index is 3.81. The van der Waals surface area contributed by atoms with Crippen LogP contribution in [0.3, 0.4) is 0 Å². The Labute approximate surface area is 138 Å². The van der Waals surface area contributed by atoms with Crippen molar-refractivity contribution in [2.45, 2.75) is 64.6 Å². The Morgan fingerprint density at radius 2 is 1.90 bits per heavy atom. The van der Waals surface area contributed by atoms with Gasteiger partial charge in [-0.25, -0.2) is 0 Å². The van der Waals surface area contributed by atoms with Gasteiger partial charge in [0.05, 0.1) is 0 Å². The van der Waals surface area contributed by atoms with E-state index in [9.17, 15) is 0 Å². The highest BCUT2D eigenvalue weighted by atomic mass is 79.9. The maximum Gasteiger partial charge on any atom is 0.0333 e. The van der Waals surface area contributed by atoms with Gasteiger partial charge in [-0.3, -0.25) is 4.90 Å². The molecule has 1 heterocycles. The number of nitrogens with zero attached hydrogens (tertiary/aromatic N) is 1.